The molecule has 1 heterocycles. The van der Waals surface area contributed by atoms with E-state index in [1.165, 1.54) is 12.8 Å². The molecule has 0 atom stereocenters. The number of furan rings is 1. The summed E-state index contributed by atoms with van der Waals surface area (Å²) in [6.45, 7) is 0.597. The number of nitrogens with one attached hydrogen (secondary N) is 1. The van der Waals surface area contributed by atoms with Crippen molar-refractivity contribution < 1.29 is 19.2 Å². The third-order valence-corrected chi connectivity index (χ3v) is 3.62. The molecule has 3 rings (SSSR count). The normalized spacial score (nSPS) is 16.0. The summed E-state index contributed by atoms with van der Waals surface area (Å²) in [6.07, 6.45) is 5.05. The molecule has 5 nitrogen and oxygen atoms in total. The van der Waals surface area contributed by atoms with Gasteiger partial charge in [-0.05, 0) is 36.6 Å². The molecule has 20 heavy (non-hydrogen) atoms. The van der Waals surface area contributed by atoms with E-state index in [1.807, 2.05) is 12.1 Å². The standard InChI is InChI=1S/C15H17NO4/c17-15(18)14-8-11-7-10(5-6-13(11)19-14)9-16-20-12-3-1-2-4-12/h5-8,12,16H,1-4,9H2,(H,17,18). The lowest BCUT2D eigenvalue weighted by molar-refractivity contribution is -0.0243. The second-order valence-electron chi connectivity index (χ2n) is 5.13. The highest BCUT2D eigenvalue weighted by Gasteiger charge is 2.15. The van der Waals surface area contributed by atoms with Gasteiger partial charge in [0.1, 0.15) is 5.58 Å². The molecule has 1 aromatic carbocycles. The Morgan fingerprint density at radius 2 is 2.15 bits per heavy atom. The van der Waals surface area contributed by atoms with E-state index in [9.17, 15) is 4.79 Å². The van der Waals surface area contributed by atoms with E-state index >= 15 is 0 Å². The van der Waals surface area contributed by atoms with Gasteiger partial charge in [0.2, 0.25) is 5.76 Å². The molecule has 106 valence electrons. The molecular weight excluding hydrogens is 258 g/mol. The second kappa shape index (κ2) is 5.64. The van der Waals surface area contributed by atoms with Crippen molar-refractivity contribution in [2.75, 3.05) is 0 Å². The van der Waals surface area contributed by atoms with Crippen molar-refractivity contribution in [1.82, 2.24) is 5.48 Å². The highest BCUT2D eigenvalue weighted by molar-refractivity contribution is 5.91. The van der Waals surface area contributed by atoms with Gasteiger partial charge in [0.05, 0.1) is 6.10 Å². The number of carboxylic acids is 1. The van der Waals surface area contributed by atoms with Gasteiger partial charge in [-0.2, -0.15) is 5.48 Å². The van der Waals surface area contributed by atoms with Gasteiger partial charge in [-0.3, -0.25) is 4.84 Å². The van der Waals surface area contributed by atoms with Crippen LogP contribution in [0, 0.1) is 0 Å². The molecule has 0 radical (unpaired) electrons. The summed E-state index contributed by atoms with van der Waals surface area (Å²) in [7, 11) is 0. The van der Waals surface area contributed by atoms with E-state index in [2.05, 4.69) is 5.48 Å². The molecule has 1 fully saturated rings. The summed E-state index contributed by atoms with van der Waals surface area (Å²) in [5.41, 5.74) is 4.61. The predicted octanol–water partition coefficient (Wildman–Crippen LogP) is 3.09. The van der Waals surface area contributed by atoms with Gasteiger partial charge < -0.3 is 9.52 Å². The number of carboxylic acid groups (broad SMARTS) is 1. The molecule has 1 saturated carbocycles. The Morgan fingerprint density at radius 3 is 2.90 bits per heavy atom. The van der Waals surface area contributed by atoms with Crippen molar-refractivity contribution in [1.29, 1.82) is 0 Å². The Bertz CT molecular complexity index is 613. The number of hydrogen-bond donors (Lipinski definition) is 2. The molecule has 0 saturated heterocycles. The summed E-state index contributed by atoms with van der Waals surface area (Å²) in [4.78, 5) is 16.4. The molecule has 0 bridgehead atoms. The second-order valence-corrected chi connectivity index (χ2v) is 5.13. The number of aromatic carboxylic acids is 1. The van der Waals surface area contributed by atoms with Crippen LogP contribution in [-0.4, -0.2) is 17.2 Å². The van der Waals surface area contributed by atoms with Crippen molar-refractivity contribution in [3.8, 4) is 0 Å². The van der Waals surface area contributed by atoms with Crippen molar-refractivity contribution in [2.45, 2.75) is 38.3 Å². The van der Waals surface area contributed by atoms with E-state index in [0.29, 0.717) is 18.2 Å². The number of benzene rings is 1. The van der Waals surface area contributed by atoms with Crippen LogP contribution in [0.2, 0.25) is 0 Å². The Kier molecular flexibility index (Phi) is 3.71. The topological polar surface area (TPSA) is 71.7 Å². The lowest BCUT2D eigenvalue weighted by Crippen LogP contribution is -2.21. The van der Waals surface area contributed by atoms with Crippen LogP contribution in [0.25, 0.3) is 11.0 Å². The fraction of sp³-hybridized carbons (Fsp3) is 0.400. The van der Waals surface area contributed by atoms with Crippen LogP contribution in [0.15, 0.2) is 28.7 Å². The first-order valence-electron chi connectivity index (χ1n) is 6.86. The van der Waals surface area contributed by atoms with Gasteiger partial charge in [-0.15, -0.1) is 0 Å². The highest BCUT2D eigenvalue weighted by atomic mass is 16.7. The first kappa shape index (κ1) is 13.1. The largest absolute Gasteiger partial charge is 0.475 e. The van der Waals surface area contributed by atoms with Crippen LogP contribution in [0.5, 0.6) is 0 Å². The zero-order valence-corrected chi connectivity index (χ0v) is 11.1. The first-order chi connectivity index (χ1) is 9.72. The van der Waals surface area contributed by atoms with Gasteiger partial charge in [0.25, 0.3) is 0 Å². The van der Waals surface area contributed by atoms with Crippen LogP contribution >= 0.6 is 0 Å². The van der Waals surface area contributed by atoms with Crippen molar-refractivity contribution >= 4 is 16.9 Å². The fourth-order valence-electron chi connectivity index (χ4n) is 2.56. The molecule has 0 unspecified atom stereocenters. The molecule has 0 amide bonds. The van der Waals surface area contributed by atoms with E-state index in [0.717, 1.165) is 23.8 Å². The Labute approximate surface area is 116 Å². The van der Waals surface area contributed by atoms with E-state index in [4.69, 9.17) is 14.4 Å². The van der Waals surface area contributed by atoms with Gasteiger partial charge >= 0.3 is 5.97 Å². The van der Waals surface area contributed by atoms with Gasteiger partial charge in [-0.25, -0.2) is 4.79 Å². The number of hydrogen-bond acceptors (Lipinski definition) is 4. The number of fused-ring (bicyclic) bond motifs is 1. The monoisotopic (exact) mass is 275 g/mol. The van der Waals surface area contributed by atoms with E-state index in [1.54, 1.807) is 12.1 Å². The minimum Gasteiger partial charge on any atom is -0.475 e. The highest BCUT2D eigenvalue weighted by Crippen LogP contribution is 2.22. The zero-order valence-electron chi connectivity index (χ0n) is 11.1. The van der Waals surface area contributed by atoms with Crippen molar-refractivity contribution in [2.24, 2.45) is 0 Å². The average molecular weight is 275 g/mol. The SMILES string of the molecule is O=C(O)c1cc2cc(CNOC3CCCC3)ccc2o1. The molecule has 2 N–H and O–H groups in total. The van der Waals surface area contributed by atoms with Gasteiger partial charge in [0, 0.05) is 11.9 Å². The molecule has 1 aliphatic rings. The molecule has 5 heteroatoms. The summed E-state index contributed by atoms with van der Waals surface area (Å²) in [5, 5.41) is 9.69. The first-order valence-corrected chi connectivity index (χ1v) is 6.86. The minimum atomic E-state index is -1.05. The summed E-state index contributed by atoms with van der Waals surface area (Å²) in [6, 6.07) is 7.14. The molecule has 1 aromatic heterocycles. The summed E-state index contributed by atoms with van der Waals surface area (Å²) < 4.78 is 5.22. The fourth-order valence-corrected chi connectivity index (χ4v) is 2.56. The zero-order chi connectivity index (χ0) is 13.9. The van der Waals surface area contributed by atoms with Crippen LogP contribution in [-0.2, 0) is 11.4 Å². The third kappa shape index (κ3) is 2.84. The van der Waals surface area contributed by atoms with Gasteiger partial charge in [-0.1, -0.05) is 18.9 Å². The number of rotatable bonds is 5. The maximum absolute atomic E-state index is 10.8. The van der Waals surface area contributed by atoms with Crippen molar-refractivity contribution in [3.05, 3.63) is 35.6 Å². The summed E-state index contributed by atoms with van der Waals surface area (Å²) in [5.74, 6) is -1.09. The molecule has 2 aromatic rings. The Balaban J connectivity index is 1.64. The maximum atomic E-state index is 10.8. The van der Waals surface area contributed by atoms with E-state index in [-0.39, 0.29) is 5.76 Å². The van der Waals surface area contributed by atoms with Crippen LogP contribution in [0.4, 0.5) is 0 Å². The smallest absolute Gasteiger partial charge is 0.371 e. The summed E-state index contributed by atoms with van der Waals surface area (Å²) >= 11 is 0. The minimum absolute atomic E-state index is 0.0349. The quantitative estimate of drug-likeness (QED) is 0.820. The van der Waals surface area contributed by atoms with Crippen LogP contribution in [0.1, 0.15) is 41.8 Å². The van der Waals surface area contributed by atoms with Crippen LogP contribution < -0.4 is 5.48 Å². The molecular formula is C15H17NO4. The number of carbonyl (C=O) groups is 1. The number of hydroxylamine groups is 1. The third-order valence-electron chi connectivity index (χ3n) is 3.62. The molecule has 1 aliphatic carbocycles. The average Bonchev–Trinajstić information content (AvgIpc) is 3.06. The predicted molar refractivity (Wildman–Crippen MR) is 73.4 cm³/mol. The lowest BCUT2D eigenvalue weighted by atomic mass is 10.1. The maximum Gasteiger partial charge on any atom is 0.371 e. The Hall–Kier alpha value is -1.85. The Morgan fingerprint density at radius 1 is 1.35 bits per heavy atom. The molecule has 0 aliphatic heterocycles. The molecule has 0 spiro atoms. The van der Waals surface area contributed by atoms with Crippen LogP contribution in [0.3, 0.4) is 0 Å². The lowest BCUT2D eigenvalue weighted by Gasteiger charge is -2.11. The van der Waals surface area contributed by atoms with E-state index < -0.39 is 5.97 Å². The van der Waals surface area contributed by atoms with Crippen molar-refractivity contribution in [3.63, 3.8) is 0 Å². The van der Waals surface area contributed by atoms with Gasteiger partial charge in [0.15, 0.2) is 0 Å².